The van der Waals surface area contributed by atoms with Gasteiger partial charge in [-0.3, -0.25) is 0 Å². The molecule has 1 fully saturated rings. The predicted molar refractivity (Wildman–Crippen MR) is 89.2 cm³/mol. The van der Waals surface area contributed by atoms with Gasteiger partial charge < -0.3 is 19.1 Å². The van der Waals surface area contributed by atoms with E-state index >= 15 is 0 Å². The second-order valence-electron chi connectivity index (χ2n) is 7.16. The average Bonchev–Trinajstić information content (AvgIpc) is 2.72. The highest BCUT2D eigenvalue weighted by atomic mass is 19.4. The molecule has 0 bridgehead atoms. The highest BCUT2D eigenvalue weighted by Crippen LogP contribution is 2.26. The molecule has 1 aliphatic heterocycles. The van der Waals surface area contributed by atoms with Gasteiger partial charge in [-0.1, -0.05) is 0 Å². The Bertz CT molecular complexity index is 596. The van der Waals surface area contributed by atoms with Gasteiger partial charge in [-0.05, 0) is 57.9 Å². The Kier molecular flexibility index (Phi) is 6.26. The number of halogens is 3. The summed E-state index contributed by atoms with van der Waals surface area (Å²) in [6.45, 7) is 6.56. The van der Waals surface area contributed by atoms with Crippen molar-refractivity contribution in [1.29, 1.82) is 0 Å². The van der Waals surface area contributed by atoms with Crippen molar-refractivity contribution < 1.29 is 32.2 Å². The molecular formula is C18H24F3NO4. The summed E-state index contributed by atoms with van der Waals surface area (Å²) >= 11 is 0. The molecule has 0 aliphatic carbocycles. The van der Waals surface area contributed by atoms with Crippen molar-refractivity contribution in [3.8, 4) is 11.5 Å². The quantitative estimate of drug-likeness (QED) is 0.765. The number of hydrogen-bond donors (Lipinski definition) is 0. The first-order chi connectivity index (χ1) is 12.0. The Morgan fingerprint density at radius 3 is 2.23 bits per heavy atom. The molecule has 26 heavy (non-hydrogen) atoms. The zero-order valence-corrected chi connectivity index (χ0v) is 15.1. The molecule has 0 saturated carbocycles. The SMILES string of the molecule is CC(C)(C)OC(=O)N1CCCC(Oc2ccc(OC(F)(F)F)cc2)CC1. The van der Waals surface area contributed by atoms with Gasteiger partial charge in [0.15, 0.2) is 0 Å². The second-order valence-corrected chi connectivity index (χ2v) is 7.16. The standard InChI is InChI=1S/C18H24F3NO4/c1-17(2,3)26-16(23)22-11-4-5-13(10-12-22)24-14-6-8-15(9-7-14)25-18(19,20)21/h6-9,13H,4-5,10-12H2,1-3H3. The molecule has 1 heterocycles. The van der Waals surface area contributed by atoms with Crippen LogP contribution in [0.1, 0.15) is 40.0 Å². The Morgan fingerprint density at radius 1 is 1.04 bits per heavy atom. The molecule has 0 aromatic heterocycles. The Hall–Kier alpha value is -2.12. The number of rotatable bonds is 3. The van der Waals surface area contributed by atoms with E-state index in [9.17, 15) is 18.0 Å². The topological polar surface area (TPSA) is 48.0 Å². The molecule has 146 valence electrons. The molecule has 1 aliphatic rings. The van der Waals surface area contributed by atoms with Gasteiger partial charge in [0, 0.05) is 19.5 Å². The van der Waals surface area contributed by atoms with Crippen LogP contribution in [-0.2, 0) is 4.74 Å². The van der Waals surface area contributed by atoms with Crippen LogP contribution < -0.4 is 9.47 Å². The summed E-state index contributed by atoms with van der Waals surface area (Å²) in [5.41, 5.74) is -0.542. The fourth-order valence-electron chi connectivity index (χ4n) is 2.61. The predicted octanol–water partition coefficient (Wildman–Crippen LogP) is 4.75. The minimum atomic E-state index is -4.71. The number of alkyl halides is 3. The normalized spacial score (nSPS) is 18.8. The van der Waals surface area contributed by atoms with E-state index in [4.69, 9.17) is 9.47 Å². The number of carbonyl (C=O) groups excluding carboxylic acids is 1. The maximum Gasteiger partial charge on any atom is 0.573 e. The Labute approximate surface area is 151 Å². The van der Waals surface area contributed by atoms with Gasteiger partial charge >= 0.3 is 12.5 Å². The van der Waals surface area contributed by atoms with Crippen LogP contribution in [0.5, 0.6) is 11.5 Å². The molecule has 1 atom stereocenters. The lowest BCUT2D eigenvalue weighted by atomic mass is 10.1. The molecule has 1 saturated heterocycles. The molecule has 1 aromatic rings. The number of ether oxygens (including phenoxy) is 3. The number of benzene rings is 1. The largest absolute Gasteiger partial charge is 0.573 e. The number of nitrogens with zero attached hydrogens (tertiary/aromatic N) is 1. The summed E-state index contributed by atoms with van der Waals surface area (Å²) in [4.78, 5) is 13.8. The van der Waals surface area contributed by atoms with Crippen LogP contribution in [0.4, 0.5) is 18.0 Å². The van der Waals surface area contributed by atoms with Gasteiger partial charge in [0.1, 0.15) is 23.2 Å². The molecule has 5 nitrogen and oxygen atoms in total. The van der Waals surface area contributed by atoms with Crippen LogP contribution in [0.2, 0.25) is 0 Å². The van der Waals surface area contributed by atoms with Crippen LogP contribution in [0.25, 0.3) is 0 Å². The lowest BCUT2D eigenvalue weighted by Gasteiger charge is -2.26. The maximum atomic E-state index is 12.2. The van der Waals surface area contributed by atoms with E-state index in [0.717, 1.165) is 12.8 Å². The third kappa shape index (κ3) is 7.01. The van der Waals surface area contributed by atoms with Crippen LogP contribution >= 0.6 is 0 Å². The second kappa shape index (κ2) is 8.05. The molecule has 2 rings (SSSR count). The monoisotopic (exact) mass is 375 g/mol. The Balaban J connectivity index is 1.86. The number of carbonyl (C=O) groups is 1. The Morgan fingerprint density at radius 2 is 1.65 bits per heavy atom. The molecule has 0 spiro atoms. The van der Waals surface area contributed by atoms with Crippen molar-refractivity contribution in [3.63, 3.8) is 0 Å². The van der Waals surface area contributed by atoms with Crippen LogP contribution in [0.3, 0.4) is 0 Å². The molecule has 1 unspecified atom stereocenters. The van der Waals surface area contributed by atoms with E-state index in [1.165, 1.54) is 24.3 Å². The third-order valence-electron chi connectivity index (χ3n) is 3.69. The van der Waals surface area contributed by atoms with Crippen molar-refractivity contribution in [1.82, 2.24) is 4.90 Å². The summed E-state index contributed by atoms with van der Waals surface area (Å²) < 4.78 is 51.6. The van der Waals surface area contributed by atoms with Gasteiger partial charge in [0.2, 0.25) is 0 Å². The molecule has 0 radical (unpaired) electrons. The summed E-state index contributed by atoms with van der Waals surface area (Å²) in [7, 11) is 0. The number of hydrogen-bond acceptors (Lipinski definition) is 4. The summed E-state index contributed by atoms with van der Waals surface area (Å²) in [5.74, 6) is 0.178. The fraction of sp³-hybridized carbons (Fsp3) is 0.611. The number of amides is 1. The molecule has 1 aromatic carbocycles. The van der Waals surface area contributed by atoms with Crippen molar-refractivity contribution in [3.05, 3.63) is 24.3 Å². The van der Waals surface area contributed by atoms with E-state index in [1.807, 2.05) is 20.8 Å². The molecular weight excluding hydrogens is 351 g/mol. The fourth-order valence-corrected chi connectivity index (χ4v) is 2.61. The summed E-state index contributed by atoms with van der Waals surface area (Å²) in [5, 5.41) is 0. The maximum absolute atomic E-state index is 12.2. The minimum Gasteiger partial charge on any atom is -0.490 e. The van der Waals surface area contributed by atoms with Crippen molar-refractivity contribution >= 4 is 6.09 Å². The van der Waals surface area contributed by atoms with Gasteiger partial charge in [-0.15, -0.1) is 13.2 Å². The lowest BCUT2D eigenvalue weighted by molar-refractivity contribution is -0.274. The van der Waals surface area contributed by atoms with E-state index in [2.05, 4.69) is 4.74 Å². The highest BCUT2D eigenvalue weighted by molar-refractivity contribution is 5.68. The third-order valence-corrected chi connectivity index (χ3v) is 3.69. The number of likely N-dealkylation sites (tertiary alicyclic amines) is 1. The van der Waals surface area contributed by atoms with E-state index in [0.29, 0.717) is 25.3 Å². The van der Waals surface area contributed by atoms with Gasteiger partial charge in [0.25, 0.3) is 0 Å². The van der Waals surface area contributed by atoms with E-state index in [-0.39, 0.29) is 17.9 Å². The van der Waals surface area contributed by atoms with Crippen molar-refractivity contribution in [2.75, 3.05) is 13.1 Å². The van der Waals surface area contributed by atoms with E-state index in [1.54, 1.807) is 4.90 Å². The molecule has 8 heteroatoms. The molecule has 1 amide bonds. The highest BCUT2D eigenvalue weighted by Gasteiger charge is 2.31. The first kappa shape index (κ1) is 20.2. The van der Waals surface area contributed by atoms with Crippen molar-refractivity contribution in [2.24, 2.45) is 0 Å². The zero-order chi connectivity index (χ0) is 19.4. The lowest BCUT2D eigenvalue weighted by Crippen LogP contribution is -2.37. The van der Waals surface area contributed by atoms with E-state index < -0.39 is 12.0 Å². The summed E-state index contributed by atoms with van der Waals surface area (Å²) in [6, 6.07) is 5.31. The van der Waals surface area contributed by atoms with Crippen LogP contribution in [0, 0.1) is 0 Å². The van der Waals surface area contributed by atoms with Crippen molar-refractivity contribution in [2.45, 2.75) is 58.1 Å². The van der Waals surface area contributed by atoms with Gasteiger partial charge in [-0.2, -0.15) is 0 Å². The van der Waals surface area contributed by atoms with Gasteiger partial charge in [0.05, 0.1) is 0 Å². The summed E-state index contributed by atoms with van der Waals surface area (Å²) in [6.07, 6.45) is -3.03. The smallest absolute Gasteiger partial charge is 0.490 e. The first-order valence-electron chi connectivity index (χ1n) is 8.52. The average molecular weight is 375 g/mol. The minimum absolute atomic E-state index is 0.114. The first-order valence-corrected chi connectivity index (χ1v) is 8.52. The van der Waals surface area contributed by atoms with Crippen LogP contribution in [0.15, 0.2) is 24.3 Å². The molecule has 0 N–H and O–H groups in total. The van der Waals surface area contributed by atoms with Crippen LogP contribution in [-0.4, -0.2) is 42.2 Å². The van der Waals surface area contributed by atoms with Gasteiger partial charge in [-0.25, -0.2) is 4.79 Å². The zero-order valence-electron chi connectivity index (χ0n) is 15.1.